The molecule has 1 fully saturated rings. The zero-order valence-corrected chi connectivity index (χ0v) is 13.5. The second kappa shape index (κ2) is 6.89. The van der Waals surface area contributed by atoms with Gasteiger partial charge in [-0.1, -0.05) is 11.3 Å². The Balaban J connectivity index is 1.55. The van der Waals surface area contributed by atoms with Gasteiger partial charge in [0.25, 0.3) is 5.19 Å². The Morgan fingerprint density at radius 2 is 1.91 bits per heavy atom. The highest BCUT2D eigenvalue weighted by Gasteiger charge is 2.19. The third-order valence-corrected chi connectivity index (χ3v) is 4.52. The van der Waals surface area contributed by atoms with E-state index in [4.69, 9.17) is 9.47 Å². The van der Waals surface area contributed by atoms with Crippen molar-refractivity contribution >= 4 is 17.0 Å². The van der Waals surface area contributed by atoms with Crippen LogP contribution in [0.1, 0.15) is 5.01 Å². The predicted octanol–water partition coefficient (Wildman–Crippen LogP) is 1.27. The van der Waals surface area contributed by atoms with Gasteiger partial charge in [0, 0.05) is 32.2 Å². The Bertz CT molecular complexity index is 613. The molecule has 1 saturated heterocycles. The molecular formula is C14H19N5O2S. The number of anilines is 1. The van der Waals surface area contributed by atoms with E-state index in [9.17, 15) is 0 Å². The van der Waals surface area contributed by atoms with Crippen LogP contribution in [-0.2, 0) is 6.54 Å². The Kier molecular flexibility index (Phi) is 4.69. The molecule has 3 rings (SSSR count). The molecule has 2 aromatic heterocycles. The van der Waals surface area contributed by atoms with Crippen molar-refractivity contribution in [2.45, 2.75) is 6.54 Å². The summed E-state index contributed by atoms with van der Waals surface area (Å²) in [5, 5.41) is 9.73. The fourth-order valence-corrected chi connectivity index (χ4v) is 3.13. The smallest absolute Gasteiger partial charge is 0.293 e. The first-order chi connectivity index (χ1) is 10.8. The minimum absolute atomic E-state index is 0.621. The van der Waals surface area contributed by atoms with E-state index in [0.717, 1.165) is 49.2 Å². The number of piperazine rings is 1. The number of methoxy groups -OCH3 is 2. The van der Waals surface area contributed by atoms with E-state index in [0.29, 0.717) is 5.19 Å². The molecule has 0 saturated carbocycles. The molecule has 0 unspecified atom stereocenters. The highest BCUT2D eigenvalue weighted by atomic mass is 32.1. The van der Waals surface area contributed by atoms with E-state index in [2.05, 4.69) is 25.0 Å². The summed E-state index contributed by atoms with van der Waals surface area (Å²) in [6, 6.07) is 2.03. The van der Waals surface area contributed by atoms with Crippen molar-refractivity contribution in [1.29, 1.82) is 0 Å². The summed E-state index contributed by atoms with van der Waals surface area (Å²) in [4.78, 5) is 8.92. The topological polar surface area (TPSA) is 63.6 Å². The molecule has 7 nitrogen and oxygen atoms in total. The van der Waals surface area contributed by atoms with E-state index in [1.807, 2.05) is 12.3 Å². The molecule has 0 atom stereocenters. The van der Waals surface area contributed by atoms with Crippen molar-refractivity contribution in [3.8, 4) is 10.9 Å². The maximum absolute atomic E-state index is 5.23. The first-order valence-corrected chi connectivity index (χ1v) is 7.93. The van der Waals surface area contributed by atoms with Crippen molar-refractivity contribution in [3.63, 3.8) is 0 Å². The molecule has 0 bridgehead atoms. The molecule has 1 aliphatic heterocycles. The van der Waals surface area contributed by atoms with Crippen LogP contribution in [0.5, 0.6) is 10.9 Å². The molecule has 8 heteroatoms. The lowest BCUT2D eigenvalue weighted by Gasteiger charge is -2.35. The van der Waals surface area contributed by atoms with Gasteiger partial charge < -0.3 is 14.4 Å². The lowest BCUT2D eigenvalue weighted by atomic mass is 10.2. The molecule has 0 amide bonds. The molecule has 0 N–H and O–H groups in total. The quantitative estimate of drug-likeness (QED) is 0.822. The number of hydrogen-bond donors (Lipinski definition) is 0. The molecule has 22 heavy (non-hydrogen) atoms. The van der Waals surface area contributed by atoms with Crippen molar-refractivity contribution in [1.82, 2.24) is 20.1 Å². The van der Waals surface area contributed by atoms with Gasteiger partial charge in [0.15, 0.2) is 0 Å². The van der Waals surface area contributed by atoms with Crippen molar-refractivity contribution < 1.29 is 9.47 Å². The minimum atomic E-state index is 0.621. The number of rotatable bonds is 5. The monoisotopic (exact) mass is 321 g/mol. The van der Waals surface area contributed by atoms with Crippen LogP contribution in [0.3, 0.4) is 0 Å². The van der Waals surface area contributed by atoms with Gasteiger partial charge in [-0.15, -0.1) is 10.2 Å². The molecule has 3 heterocycles. The van der Waals surface area contributed by atoms with Crippen molar-refractivity contribution in [2.75, 3.05) is 45.3 Å². The van der Waals surface area contributed by atoms with Crippen LogP contribution in [-0.4, -0.2) is 60.5 Å². The third kappa shape index (κ3) is 3.45. The Labute approximate surface area is 133 Å². The molecular weight excluding hydrogens is 302 g/mol. The fraction of sp³-hybridized carbons (Fsp3) is 0.500. The highest BCUT2D eigenvalue weighted by molar-refractivity contribution is 7.13. The number of ether oxygens (including phenoxy) is 2. The summed E-state index contributed by atoms with van der Waals surface area (Å²) < 4.78 is 10.3. The molecule has 0 aliphatic carbocycles. The van der Waals surface area contributed by atoms with Gasteiger partial charge in [0.1, 0.15) is 10.8 Å². The zero-order chi connectivity index (χ0) is 15.4. The summed E-state index contributed by atoms with van der Waals surface area (Å²) in [6.45, 7) is 4.72. The Morgan fingerprint density at radius 3 is 2.59 bits per heavy atom. The number of nitrogens with zero attached hydrogens (tertiary/aromatic N) is 5. The predicted molar refractivity (Wildman–Crippen MR) is 84.7 cm³/mol. The maximum atomic E-state index is 5.23. The zero-order valence-electron chi connectivity index (χ0n) is 12.7. The number of aromatic nitrogens is 3. The molecule has 0 aromatic carbocycles. The van der Waals surface area contributed by atoms with Gasteiger partial charge >= 0.3 is 0 Å². The largest absolute Gasteiger partial charge is 0.495 e. The van der Waals surface area contributed by atoms with E-state index in [1.165, 1.54) is 11.3 Å². The molecule has 0 spiro atoms. The lowest BCUT2D eigenvalue weighted by molar-refractivity contribution is 0.249. The number of pyridine rings is 1. The highest BCUT2D eigenvalue weighted by Crippen LogP contribution is 2.22. The SMILES string of the molecule is COc1cncc(N2CCN(Cc3nnc(OC)s3)CC2)c1. The van der Waals surface area contributed by atoms with Gasteiger partial charge in [0.2, 0.25) is 0 Å². The second-order valence-electron chi connectivity index (χ2n) is 5.01. The standard InChI is InChI=1S/C14H19N5O2S/c1-20-12-7-11(8-15-9-12)19-5-3-18(4-6-19)10-13-16-17-14(21-2)22-13/h7-9H,3-6,10H2,1-2H3. The first kappa shape index (κ1) is 15.0. The Hall–Kier alpha value is -1.93. The molecule has 118 valence electrons. The van der Waals surface area contributed by atoms with Crippen LogP contribution in [0.25, 0.3) is 0 Å². The van der Waals surface area contributed by atoms with Crippen LogP contribution in [0, 0.1) is 0 Å². The third-order valence-electron chi connectivity index (χ3n) is 3.65. The normalized spacial score (nSPS) is 15.8. The van der Waals surface area contributed by atoms with Gasteiger partial charge in [-0.25, -0.2) is 0 Å². The van der Waals surface area contributed by atoms with E-state index in [-0.39, 0.29) is 0 Å². The summed E-state index contributed by atoms with van der Waals surface area (Å²) in [5.74, 6) is 0.792. The van der Waals surface area contributed by atoms with E-state index >= 15 is 0 Å². The second-order valence-corrected chi connectivity index (χ2v) is 6.04. The summed E-state index contributed by atoms with van der Waals surface area (Å²) >= 11 is 1.50. The molecule has 2 aromatic rings. The van der Waals surface area contributed by atoms with Gasteiger partial charge in [-0.2, -0.15) is 0 Å². The maximum Gasteiger partial charge on any atom is 0.293 e. The summed E-state index contributed by atoms with van der Waals surface area (Å²) in [7, 11) is 3.28. The average molecular weight is 321 g/mol. The van der Waals surface area contributed by atoms with Gasteiger partial charge in [0.05, 0.1) is 38.8 Å². The van der Waals surface area contributed by atoms with E-state index in [1.54, 1.807) is 20.4 Å². The van der Waals surface area contributed by atoms with Crippen molar-refractivity contribution in [3.05, 3.63) is 23.5 Å². The first-order valence-electron chi connectivity index (χ1n) is 7.11. The minimum Gasteiger partial charge on any atom is -0.495 e. The fourth-order valence-electron chi connectivity index (χ4n) is 2.43. The van der Waals surface area contributed by atoms with Gasteiger partial charge in [-0.05, 0) is 0 Å². The molecule has 0 radical (unpaired) electrons. The number of hydrogen-bond acceptors (Lipinski definition) is 8. The molecule has 1 aliphatic rings. The van der Waals surface area contributed by atoms with Crippen LogP contribution in [0.4, 0.5) is 5.69 Å². The van der Waals surface area contributed by atoms with Gasteiger partial charge in [-0.3, -0.25) is 9.88 Å². The Morgan fingerprint density at radius 1 is 1.09 bits per heavy atom. The van der Waals surface area contributed by atoms with Crippen LogP contribution in [0.2, 0.25) is 0 Å². The summed E-state index contributed by atoms with van der Waals surface area (Å²) in [6.07, 6.45) is 3.61. The van der Waals surface area contributed by atoms with Crippen LogP contribution >= 0.6 is 11.3 Å². The summed E-state index contributed by atoms with van der Waals surface area (Å²) in [5.41, 5.74) is 1.11. The van der Waals surface area contributed by atoms with E-state index < -0.39 is 0 Å². The van der Waals surface area contributed by atoms with Crippen LogP contribution in [0.15, 0.2) is 18.5 Å². The average Bonchev–Trinajstić information content (AvgIpc) is 3.03. The van der Waals surface area contributed by atoms with Crippen LogP contribution < -0.4 is 14.4 Å². The van der Waals surface area contributed by atoms with Crippen molar-refractivity contribution in [2.24, 2.45) is 0 Å². The lowest BCUT2D eigenvalue weighted by Crippen LogP contribution is -2.46.